The van der Waals surface area contributed by atoms with Crippen LogP contribution in [0.2, 0.25) is 0 Å². The van der Waals surface area contributed by atoms with Crippen molar-refractivity contribution in [3.05, 3.63) is 54.3 Å². The number of halogens is 1. The van der Waals surface area contributed by atoms with E-state index in [1.807, 2.05) is 30.5 Å². The van der Waals surface area contributed by atoms with Gasteiger partial charge in [0, 0.05) is 24.9 Å². The van der Waals surface area contributed by atoms with Crippen molar-refractivity contribution in [1.29, 1.82) is 0 Å². The summed E-state index contributed by atoms with van der Waals surface area (Å²) in [5.41, 5.74) is 1.31. The fourth-order valence-corrected chi connectivity index (χ4v) is 2.67. The predicted octanol–water partition coefficient (Wildman–Crippen LogP) is 4.01. The number of carbonyl (C=O) groups is 1. The van der Waals surface area contributed by atoms with Crippen LogP contribution in [-0.2, 0) is 4.79 Å². The Morgan fingerprint density at radius 2 is 1.86 bits per heavy atom. The van der Waals surface area contributed by atoms with E-state index < -0.39 is 0 Å². The molecule has 0 atom stereocenters. The molecule has 0 spiro atoms. The zero-order valence-corrected chi connectivity index (χ0v) is 13.5. The van der Waals surface area contributed by atoms with E-state index in [-0.39, 0.29) is 11.7 Å². The van der Waals surface area contributed by atoms with Crippen LogP contribution in [0.4, 0.5) is 15.8 Å². The molecule has 0 fully saturated rings. The lowest BCUT2D eigenvalue weighted by molar-refractivity contribution is -0.116. The summed E-state index contributed by atoms with van der Waals surface area (Å²) in [6, 6.07) is 14.2. The van der Waals surface area contributed by atoms with Crippen LogP contribution in [0.15, 0.2) is 53.4 Å². The second-order valence-electron chi connectivity index (χ2n) is 4.87. The van der Waals surface area contributed by atoms with Crippen molar-refractivity contribution in [2.75, 3.05) is 30.1 Å². The Morgan fingerprint density at radius 1 is 1.18 bits per heavy atom. The molecule has 0 aliphatic rings. The molecule has 2 aromatic carbocycles. The van der Waals surface area contributed by atoms with Gasteiger partial charge in [-0.3, -0.25) is 4.79 Å². The standard InChI is InChI=1S/C17H19FN2OS/c1-20(15-9-5-3-7-13(15)18)12-11-17(21)19-14-8-4-6-10-16(14)22-2/h3-10H,11-12H2,1-2H3,(H,19,21). The van der Waals surface area contributed by atoms with E-state index in [2.05, 4.69) is 5.32 Å². The molecule has 22 heavy (non-hydrogen) atoms. The summed E-state index contributed by atoms with van der Waals surface area (Å²) in [6.07, 6.45) is 2.27. The van der Waals surface area contributed by atoms with Gasteiger partial charge in [0.25, 0.3) is 0 Å². The molecule has 1 amide bonds. The first kappa shape index (κ1) is 16.4. The molecule has 5 heteroatoms. The van der Waals surface area contributed by atoms with E-state index in [1.165, 1.54) is 6.07 Å². The van der Waals surface area contributed by atoms with Crippen molar-refractivity contribution in [3.63, 3.8) is 0 Å². The number of anilines is 2. The van der Waals surface area contributed by atoms with Crippen molar-refractivity contribution < 1.29 is 9.18 Å². The normalized spacial score (nSPS) is 10.3. The molecule has 0 heterocycles. The first-order chi connectivity index (χ1) is 10.6. The third kappa shape index (κ3) is 4.24. The number of benzene rings is 2. The summed E-state index contributed by atoms with van der Waals surface area (Å²) in [4.78, 5) is 14.8. The number of para-hydroxylation sites is 2. The number of carbonyl (C=O) groups excluding carboxylic acids is 1. The van der Waals surface area contributed by atoms with Crippen molar-refractivity contribution in [2.24, 2.45) is 0 Å². The Bertz CT molecular complexity index is 648. The van der Waals surface area contributed by atoms with Crippen molar-refractivity contribution in [3.8, 4) is 0 Å². The van der Waals surface area contributed by atoms with Gasteiger partial charge in [0.05, 0.1) is 11.4 Å². The first-order valence-corrected chi connectivity index (χ1v) is 8.23. The molecule has 0 saturated carbocycles. The minimum atomic E-state index is -0.280. The number of nitrogens with zero attached hydrogens (tertiary/aromatic N) is 1. The molecule has 2 rings (SSSR count). The Morgan fingerprint density at radius 3 is 2.59 bits per heavy atom. The van der Waals surface area contributed by atoms with E-state index in [4.69, 9.17) is 0 Å². The van der Waals surface area contributed by atoms with Gasteiger partial charge >= 0.3 is 0 Å². The predicted molar refractivity (Wildman–Crippen MR) is 91.1 cm³/mol. The highest BCUT2D eigenvalue weighted by molar-refractivity contribution is 7.98. The SMILES string of the molecule is CSc1ccccc1NC(=O)CCN(C)c1ccccc1F. The molecule has 0 saturated heterocycles. The lowest BCUT2D eigenvalue weighted by atomic mass is 10.2. The molecule has 1 N–H and O–H groups in total. The summed E-state index contributed by atoms with van der Waals surface area (Å²) < 4.78 is 13.7. The molecule has 0 radical (unpaired) electrons. The third-order valence-electron chi connectivity index (χ3n) is 3.32. The largest absolute Gasteiger partial charge is 0.372 e. The number of nitrogens with one attached hydrogen (secondary N) is 1. The van der Waals surface area contributed by atoms with Crippen molar-refractivity contribution in [1.82, 2.24) is 0 Å². The second kappa shape index (κ2) is 7.84. The van der Waals surface area contributed by atoms with Crippen LogP contribution in [0.1, 0.15) is 6.42 Å². The smallest absolute Gasteiger partial charge is 0.226 e. The Hall–Kier alpha value is -2.01. The van der Waals surface area contributed by atoms with Crippen LogP contribution in [0, 0.1) is 5.82 Å². The van der Waals surface area contributed by atoms with Crippen LogP contribution in [0.25, 0.3) is 0 Å². The van der Waals surface area contributed by atoms with Gasteiger partial charge < -0.3 is 10.2 Å². The highest BCUT2D eigenvalue weighted by Gasteiger charge is 2.10. The number of hydrogen-bond donors (Lipinski definition) is 1. The molecule has 0 unspecified atom stereocenters. The van der Waals surface area contributed by atoms with Crippen molar-refractivity contribution >= 4 is 29.0 Å². The third-order valence-corrected chi connectivity index (χ3v) is 4.11. The van der Waals surface area contributed by atoms with Crippen LogP contribution in [0.3, 0.4) is 0 Å². The van der Waals surface area contributed by atoms with Gasteiger partial charge in [-0.15, -0.1) is 11.8 Å². The van der Waals surface area contributed by atoms with Gasteiger partial charge in [-0.05, 0) is 30.5 Å². The summed E-state index contributed by atoms with van der Waals surface area (Å²) in [7, 11) is 1.78. The van der Waals surface area contributed by atoms with E-state index >= 15 is 0 Å². The molecular formula is C17H19FN2OS. The van der Waals surface area contributed by atoms with E-state index in [1.54, 1.807) is 41.9 Å². The minimum Gasteiger partial charge on any atom is -0.372 e. The Balaban J connectivity index is 1.92. The molecule has 0 aromatic heterocycles. The summed E-state index contributed by atoms with van der Waals surface area (Å²) in [5.74, 6) is -0.358. The van der Waals surface area contributed by atoms with E-state index in [9.17, 15) is 9.18 Å². The second-order valence-corrected chi connectivity index (χ2v) is 5.72. The minimum absolute atomic E-state index is 0.0790. The average molecular weight is 318 g/mol. The Kier molecular flexibility index (Phi) is 5.83. The maximum atomic E-state index is 13.7. The van der Waals surface area contributed by atoms with Gasteiger partial charge in [0.1, 0.15) is 5.82 Å². The van der Waals surface area contributed by atoms with Crippen LogP contribution < -0.4 is 10.2 Å². The fraction of sp³-hybridized carbons (Fsp3) is 0.235. The van der Waals surface area contributed by atoms with Gasteiger partial charge in [0.15, 0.2) is 0 Å². The first-order valence-electron chi connectivity index (χ1n) is 7.00. The summed E-state index contributed by atoms with van der Waals surface area (Å²) in [5, 5.41) is 2.90. The van der Waals surface area contributed by atoms with Gasteiger partial charge in [-0.1, -0.05) is 24.3 Å². The maximum absolute atomic E-state index is 13.7. The number of amides is 1. The highest BCUT2D eigenvalue weighted by atomic mass is 32.2. The molecule has 3 nitrogen and oxygen atoms in total. The van der Waals surface area contributed by atoms with Crippen LogP contribution >= 0.6 is 11.8 Å². The molecule has 2 aromatic rings. The monoisotopic (exact) mass is 318 g/mol. The summed E-state index contributed by atoms with van der Waals surface area (Å²) in [6.45, 7) is 0.453. The van der Waals surface area contributed by atoms with Gasteiger partial charge in [-0.25, -0.2) is 4.39 Å². The Labute approximate surface area is 134 Å². The molecule has 0 bridgehead atoms. The maximum Gasteiger partial charge on any atom is 0.226 e. The molecule has 116 valence electrons. The zero-order chi connectivity index (χ0) is 15.9. The molecule has 0 aliphatic heterocycles. The zero-order valence-electron chi connectivity index (χ0n) is 12.7. The lowest BCUT2D eigenvalue weighted by Gasteiger charge is -2.19. The van der Waals surface area contributed by atoms with E-state index in [0.29, 0.717) is 18.7 Å². The number of hydrogen-bond acceptors (Lipinski definition) is 3. The fourth-order valence-electron chi connectivity index (χ4n) is 2.11. The number of thioether (sulfide) groups is 1. The number of rotatable bonds is 6. The van der Waals surface area contributed by atoms with Crippen LogP contribution in [-0.4, -0.2) is 25.8 Å². The topological polar surface area (TPSA) is 32.3 Å². The van der Waals surface area contributed by atoms with Gasteiger partial charge in [0.2, 0.25) is 5.91 Å². The molecule has 0 aliphatic carbocycles. The van der Waals surface area contributed by atoms with Gasteiger partial charge in [-0.2, -0.15) is 0 Å². The average Bonchev–Trinajstić information content (AvgIpc) is 2.53. The highest BCUT2D eigenvalue weighted by Crippen LogP contribution is 2.24. The quantitative estimate of drug-likeness (QED) is 0.817. The summed E-state index contributed by atoms with van der Waals surface area (Å²) >= 11 is 1.59. The van der Waals surface area contributed by atoms with Crippen molar-refractivity contribution in [2.45, 2.75) is 11.3 Å². The van der Waals surface area contributed by atoms with Crippen LogP contribution in [0.5, 0.6) is 0 Å². The lowest BCUT2D eigenvalue weighted by Crippen LogP contribution is -2.24. The van der Waals surface area contributed by atoms with E-state index in [0.717, 1.165) is 10.6 Å². The molecular weight excluding hydrogens is 299 g/mol.